The van der Waals surface area contributed by atoms with Gasteiger partial charge in [-0.2, -0.15) is 0 Å². The molecule has 1 amide bonds. The highest BCUT2D eigenvalue weighted by molar-refractivity contribution is 6.51. The summed E-state index contributed by atoms with van der Waals surface area (Å²) >= 11 is 0. The number of aliphatic hydroxyl groups is 1. The van der Waals surface area contributed by atoms with Gasteiger partial charge in [-0.05, 0) is 68.3 Å². The molecule has 1 aliphatic rings. The van der Waals surface area contributed by atoms with E-state index in [9.17, 15) is 14.7 Å². The smallest absolute Gasteiger partial charge is 0.300 e. The van der Waals surface area contributed by atoms with Crippen LogP contribution in [0.4, 0.5) is 5.69 Å². The molecule has 6 nitrogen and oxygen atoms in total. The fraction of sp³-hybridized carbons (Fsp3) is 0.200. The second-order valence-corrected chi connectivity index (χ2v) is 7.59. The van der Waals surface area contributed by atoms with E-state index in [0.717, 1.165) is 11.1 Å². The first-order valence-corrected chi connectivity index (χ1v) is 9.91. The molecule has 0 radical (unpaired) electrons. The number of nitrogens with zero attached hydrogens (tertiary/aromatic N) is 1. The van der Waals surface area contributed by atoms with Gasteiger partial charge in [0, 0.05) is 11.3 Å². The molecule has 3 aromatic rings. The highest BCUT2D eigenvalue weighted by Gasteiger charge is 2.48. The largest absolute Gasteiger partial charge is 0.507 e. The zero-order valence-electron chi connectivity index (χ0n) is 17.8. The number of anilines is 1. The van der Waals surface area contributed by atoms with Crippen LogP contribution < -0.4 is 9.64 Å². The van der Waals surface area contributed by atoms with Crippen molar-refractivity contribution in [1.29, 1.82) is 0 Å². The van der Waals surface area contributed by atoms with Crippen LogP contribution in [-0.2, 0) is 9.59 Å². The maximum absolute atomic E-state index is 13.1. The fourth-order valence-corrected chi connectivity index (χ4v) is 3.97. The molecule has 0 bridgehead atoms. The van der Waals surface area contributed by atoms with E-state index in [4.69, 9.17) is 9.15 Å². The average Bonchev–Trinajstić information content (AvgIpc) is 3.29. The predicted molar refractivity (Wildman–Crippen MR) is 117 cm³/mol. The lowest BCUT2D eigenvalue weighted by Crippen LogP contribution is -2.29. The molecule has 1 saturated heterocycles. The lowest BCUT2D eigenvalue weighted by molar-refractivity contribution is -0.132. The van der Waals surface area contributed by atoms with Crippen molar-refractivity contribution in [2.45, 2.75) is 26.8 Å². The third-order valence-corrected chi connectivity index (χ3v) is 5.52. The first kappa shape index (κ1) is 20.5. The van der Waals surface area contributed by atoms with Gasteiger partial charge in [-0.3, -0.25) is 14.5 Å². The Bertz CT molecular complexity index is 1220. The summed E-state index contributed by atoms with van der Waals surface area (Å²) in [6.45, 7) is 5.50. The quantitative estimate of drug-likeness (QED) is 0.373. The SMILES string of the molecule is COc1ccc(/C(O)=C2/C(=O)C(=O)N(c3ccccc3C)C2c2ccc(C)o2)cc1C. The molecular formula is C25H23NO5. The van der Waals surface area contributed by atoms with Gasteiger partial charge >= 0.3 is 0 Å². The number of rotatable bonds is 4. The van der Waals surface area contributed by atoms with Crippen molar-refractivity contribution in [3.63, 3.8) is 0 Å². The number of furan rings is 1. The third-order valence-electron chi connectivity index (χ3n) is 5.52. The van der Waals surface area contributed by atoms with Crippen molar-refractivity contribution in [1.82, 2.24) is 0 Å². The Balaban J connectivity index is 1.95. The van der Waals surface area contributed by atoms with Gasteiger partial charge in [-0.15, -0.1) is 0 Å². The number of methoxy groups -OCH3 is 1. The highest BCUT2D eigenvalue weighted by Crippen LogP contribution is 2.43. The zero-order valence-corrected chi connectivity index (χ0v) is 17.8. The van der Waals surface area contributed by atoms with Crippen LogP contribution in [0.25, 0.3) is 5.76 Å². The van der Waals surface area contributed by atoms with Crippen molar-refractivity contribution in [2.75, 3.05) is 12.0 Å². The van der Waals surface area contributed by atoms with Crippen LogP contribution >= 0.6 is 0 Å². The number of aliphatic hydroxyl groups excluding tert-OH is 1. The van der Waals surface area contributed by atoms with Crippen molar-refractivity contribution in [3.8, 4) is 5.75 Å². The standard InChI is InChI=1S/C25H23NO5/c1-14-7-5-6-8-18(14)26-22(20-11-9-16(3)31-20)21(24(28)25(26)29)23(27)17-10-12-19(30-4)15(2)13-17/h5-13,22,27H,1-4H3/b23-21-. The first-order valence-electron chi connectivity index (χ1n) is 9.91. The van der Waals surface area contributed by atoms with Gasteiger partial charge in [0.15, 0.2) is 0 Å². The minimum absolute atomic E-state index is 0.00725. The van der Waals surface area contributed by atoms with Gasteiger partial charge in [-0.25, -0.2) is 0 Å². The summed E-state index contributed by atoms with van der Waals surface area (Å²) in [5.41, 5.74) is 2.64. The van der Waals surface area contributed by atoms with E-state index in [0.29, 0.717) is 28.5 Å². The van der Waals surface area contributed by atoms with Crippen molar-refractivity contribution in [3.05, 3.63) is 88.4 Å². The Labute approximate surface area is 180 Å². The molecule has 0 spiro atoms. The Kier molecular flexibility index (Phi) is 5.15. The fourth-order valence-electron chi connectivity index (χ4n) is 3.97. The van der Waals surface area contributed by atoms with Crippen LogP contribution in [0.15, 0.2) is 64.6 Å². The predicted octanol–water partition coefficient (Wildman–Crippen LogP) is 4.84. The summed E-state index contributed by atoms with van der Waals surface area (Å²) in [5, 5.41) is 11.2. The van der Waals surface area contributed by atoms with Crippen LogP contribution in [0.5, 0.6) is 5.75 Å². The van der Waals surface area contributed by atoms with Crippen LogP contribution in [0.1, 0.15) is 34.3 Å². The number of carbonyl (C=O) groups is 2. The summed E-state index contributed by atoms with van der Waals surface area (Å²) < 4.78 is 11.1. The maximum Gasteiger partial charge on any atom is 0.300 e. The van der Waals surface area contributed by atoms with Gasteiger partial charge in [0.1, 0.15) is 29.1 Å². The average molecular weight is 417 g/mol. The van der Waals surface area contributed by atoms with Crippen molar-refractivity contribution in [2.24, 2.45) is 0 Å². The van der Waals surface area contributed by atoms with E-state index >= 15 is 0 Å². The van der Waals surface area contributed by atoms with Crippen LogP contribution in [0, 0.1) is 20.8 Å². The van der Waals surface area contributed by atoms with Gasteiger partial charge < -0.3 is 14.3 Å². The number of aryl methyl sites for hydroxylation is 3. The third kappa shape index (κ3) is 3.40. The number of Topliss-reactive ketones (excluding diaryl/α,β-unsaturated/α-hetero) is 1. The molecular weight excluding hydrogens is 394 g/mol. The molecule has 1 N–H and O–H groups in total. The Hall–Kier alpha value is -3.80. The number of ether oxygens (including phenoxy) is 1. The number of carbonyl (C=O) groups excluding carboxylic acids is 2. The minimum atomic E-state index is -0.878. The second-order valence-electron chi connectivity index (χ2n) is 7.59. The molecule has 1 atom stereocenters. The summed E-state index contributed by atoms with van der Waals surface area (Å²) in [6, 6.07) is 15.0. The molecule has 1 aromatic heterocycles. The Morgan fingerprint density at radius 2 is 1.74 bits per heavy atom. The van der Waals surface area contributed by atoms with Gasteiger partial charge in [-0.1, -0.05) is 18.2 Å². The first-order chi connectivity index (χ1) is 14.8. The maximum atomic E-state index is 13.1. The highest BCUT2D eigenvalue weighted by atomic mass is 16.5. The van der Waals surface area contributed by atoms with E-state index in [1.807, 2.05) is 26.0 Å². The molecule has 1 unspecified atom stereocenters. The summed E-state index contributed by atoms with van der Waals surface area (Å²) in [5.74, 6) is 0.000162. The number of hydrogen-bond acceptors (Lipinski definition) is 5. The molecule has 2 aromatic carbocycles. The van der Waals surface area contributed by atoms with E-state index < -0.39 is 17.7 Å². The number of para-hydroxylation sites is 1. The zero-order chi connectivity index (χ0) is 22.3. The molecule has 2 heterocycles. The monoisotopic (exact) mass is 417 g/mol. The van der Waals surface area contributed by atoms with Crippen molar-refractivity contribution >= 4 is 23.1 Å². The molecule has 1 fully saturated rings. The molecule has 158 valence electrons. The Morgan fingerprint density at radius 3 is 2.35 bits per heavy atom. The molecule has 6 heteroatoms. The lowest BCUT2D eigenvalue weighted by Gasteiger charge is -2.25. The van der Waals surface area contributed by atoms with Crippen LogP contribution in [-0.4, -0.2) is 23.9 Å². The summed E-state index contributed by atoms with van der Waals surface area (Å²) in [4.78, 5) is 27.7. The number of ketones is 1. The number of benzene rings is 2. The molecule has 1 aliphatic heterocycles. The number of amides is 1. The van der Waals surface area contributed by atoms with E-state index in [1.54, 1.807) is 56.5 Å². The Morgan fingerprint density at radius 1 is 1.00 bits per heavy atom. The lowest BCUT2D eigenvalue weighted by atomic mass is 9.98. The molecule has 0 saturated carbocycles. The second kappa shape index (κ2) is 7.80. The molecule has 4 rings (SSSR count). The summed E-state index contributed by atoms with van der Waals surface area (Å²) in [7, 11) is 1.56. The molecule has 31 heavy (non-hydrogen) atoms. The van der Waals surface area contributed by atoms with E-state index in [1.165, 1.54) is 4.90 Å². The number of hydrogen-bond donors (Lipinski definition) is 1. The van der Waals surface area contributed by atoms with Crippen LogP contribution in [0.2, 0.25) is 0 Å². The summed E-state index contributed by atoms with van der Waals surface area (Å²) in [6.07, 6.45) is 0. The van der Waals surface area contributed by atoms with Crippen LogP contribution in [0.3, 0.4) is 0 Å². The van der Waals surface area contributed by atoms with Gasteiger partial charge in [0.2, 0.25) is 0 Å². The van der Waals surface area contributed by atoms with Gasteiger partial charge in [0.25, 0.3) is 11.7 Å². The normalized spacial score (nSPS) is 17.9. The van der Waals surface area contributed by atoms with Gasteiger partial charge in [0.05, 0.1) is 12.7 Å². The molecule has 0 aliphatic carbocycles. The van der Waals surface area contributed by atoms with E-state index in [-0.39, 0.29) is 11.3 Å². The minimum Gasteiger partial charge on any atom is -0.507 e. The van der Waals surface area contributed by atoms with Crippen molar-refractivity contribution < 1.29 is 23.8 Å². The van der Waals surface area contributed by atoms with E-state index in [2.05, 4.69) is 0 Å². The topological polar surface area (TPSA) is 80.0 Å².